The highest BCUT2D eigenvalue weighted by atomic mass is 35.5. The molecule has 0 spiro atoms. The predicted molar refractivity (Wildman–Crippen MR) is 117 cm³/mol. The Morgan fingerprint density at radius 1 is 1.17 bits per heavy atom. The summed E-state index contributed by atoms with van der Waals surface area (Å²) in [5, 5.41) is 20.3. The Labute approximate surface area is 184 Å². The maximum Gasteiger partial charge on any atom is 0.240 e. The quantitative estimate of drug-likeness (QED) is 0.772. The molecule has 4 rings (SSSR count). The average Bonchev–Trinajstić information content (AvgIpc) is 3.44. The van der Waals surface area contributed by atoms with Crippen molar-refractivity contribution in [2.75, 3.05) is 13.1 Å². The van der Waals surface area contributed by atoms with Gasteiger partial charge >= 0.3 is 0 Å². The van der Waals surface area contributed by atoms with Crippen LogP contribution in [0.2, 0.25) is 0 Å². The van der Waals surface area contributed by atoms with Gasteiger partial charge in [0.25, 0.3) is 0 Å². The highest BCUT2D eigenvalue weighted by Crippen LogP contribution is 2.31. The van der Waals surface area contributed by atoms with E-state index < -0.39 is 6.04 Å². The van der Waals surface area contributed by atoms with Gasteiger partial charge in [0.2, 0.25) is 5.91 Å². The molecule has 1 unspecified atom stereocenters. The number of likely N-dealkylation sites (tertiary alicyclic amines) is 1. The van der Waals surface area contributed by atoms with Crippen molar-refractivity contribution < 1.29 is 4.79 Å². The highest BCUT2D eigenvalue weighted by molar-refractivity contribution is 5.85. The van der Waals surface area contributed by atoms with Crippen molar-refractivity contribution in [1.82, 2.24) is 9.91 Å². The van der Waals surface area contributed by atoms with Crippen LogP contribution in [0.15, 0.2) is 34.6 Å². The van der Waals surface area contributed by atoms with Gasteiger partial charge in [0.05, 0.1) is 18.7 Å². The van der Waals surface area contributed by atoms with Crippen LogP contribution in [0.1, 0.15) is 62.1 Å². The van der Waals surface area contributed by atoms with Crippen molar-refractivity contribution in [2.45, 2.75) is 75.5 Å². The Bertz CT molecular complexity index is 786. The fraction of sp³-hybridized carbons (Fsp3) is 0.636. The summed E-state index contributed by atoms with van der Waals surface area (Å²) in [7, 11) is 0. The minimum absolute atomic E-state index is 0. The van der Waals surface area contributed by atoms with Gasteiger partial charge in [0.15, 0.2) is 0 Å². The lowest BCUT2D eigenvalue weighted by Crippen LogP contribution is -2.46. The summed E-state index contributed by atoms with van der Waals surface area (Å²) in [5.41, 5.74) is 8.35. The van der Waals surface area contributed by atoms with E-state index in [0.29, 0.717) is 19.0 Å². The number of nitrogens with zero attached hydrogens (tertiary/aromatic N) is 5. The first-order chi connectivity index (χ1) is 14.2. The summed E-state index contributed by atoms with van der Waals surface area (Å²) in [6.45, 7) is 1.49. The van der Waals surface area contributed by atoms with E-state index in [1.54, 1.807) is 4.90 Å². The van der Waals surface area contributed by atoms with Crippen LogP contribution in [0, 0.1) is 11.3 Å². The lowest BCUT2D eigenvalue weighted by molar-refractivity contribution is -0.132. The molecule has 2 N–H and O–H groups in total. The third-order valence-electron chi connectivity index (χ3n) is 6.48. The number of halogens is 1. The van der Waals surface area contributed by atoms with E-state index in [4.69, 9.17) is 5.73 Å². The summed E-state index contributed by atoms with van der Waals surface area (Å²) >= 11 is 0. The van der Waals surface area contributed by atoms with Gasteiger partial charge in [0.1, 0.15) is 12.1 Å². The molecule has 1 aromatic rings. The lowest BCUT2D eigenvalue weighted by Gasteiger charge is -2.28. The van der Waals surface area contributed by atoms with E-state index in [0.717, 1.165) is 30.5 Å². The molecule has 2 fully saturated rings. The van der Waals surface area contributed by atoms with Crippen LogP contribution in [0.3, 0.4) is 0 Å². The summed E-state index contributed by atoms with van der Waals surface area (Å²) in [6.07, 6.45) is 8.47. The van der Waals surface area contributed by atoms with Crippen molar-refractivity contribution in [3.05, 3.63) is 35.4 Å². The van der Waals surface area contributed by atoms with Gasteiger partial charge in [0, 0.05) is 12.6 Å². The molecule has 1 saturated heterocycles. The minimum Gasteiger partial charge on any atom is -0.325 e. The zero-order valence-corrected chi connectivity index (χ0v) is 18.1. The second-order valence-electron chi connectivity index (χ2n) is 8.51. The second kappa shape index (κ2) is 10.2. The number of carbonyl (C=O) groups excluding carboxylic acids is 1. The summed E-state index contributed by atoms with van der Waals surface area (Å²) in [4.78, 5) is 14.2. The van der Waals surface area contributed by atoms with Crippen molar-refractivity contribution in [3.8, 4) is 6.07 Å². The number of hydrogen-bond donors (Lipinski definition) is 1. The maximum atomic E-state index is 12.6. The largest absolute Gasteiger partial charge is 0.325 e. The molecule has 1 saturated carbocycles. The Morgan fingerprint density at radius 3 is 2.60 bits per heavy atom. The number of nitrogens with two attached hydrogens (primary N) is 1. The van der Waals surface area contributed by atoms with Crippen LogP contribution in [-0.4, -0.2) is 47.0 Å². The third kappa shape index (κ3) is 4.93. The Hall–Kier alpha value is -2.17. The monoisotopic (exact) mass is 430 g/mol. The molecular formula is C22H31ClN6O. The highest BCUT2D eigenvalue weighted by Gasteiger charge is 2.32. The molecule has 0 radical (unpaired) electrons. The van der Waals surface area contributed by atoms with E-state index in [2.05, 4.69) is 33.5 Å². The SMILES string of the molecule is Cl.N#C[C@@H]1CCCN1C(=O)[C@@H](N)Cc1ccc(C2CN(C3CCCCC3)N=N2)cc1. The zero-order chi connectivity index (χ0) is 20.2. The minimum atomic E-state index is -0.609. The van der Waals surface area contributed by atoms with Crippen molar-refractivity contribution in [2.24, 2.45) is 16.1 Å². The Kier molecular flexibility index (Phi) is 7.68. The first-order valence-electron chi connectivity index (χ1n) is 10.9. The van der Waals surface area contributed by atoms with Crippen LogP contribution in [0.4, 0.5) is 0 Å². The van der Waals surface area contributed by atoms with Gasteiger partial charge in [-0.15, -0.1) is 12.4 Å². The standard InChI is InChI=1S/C22H30N6O.ClH/c23-14-19-7-4-12-27(19)22(29)20(24)13-16-8-10-17(11-9-16)21-15-28(26-25-21)18-5-2-1-3-6-18;/h8-11,18-21H,1-7,12-13,15,24H2;1H/t19-,20-,21?;/m0./s1. The van der Waals surface area contributed by atoms with Crippen molar-refractivity contribution in [3.63, 3.8) is 0 Å². The number of hydrogen-bond acceptors (Lipinski definition) is 6. The first kappa shape index (κ1) is 22.5. The molecule has 30 heavy (non-hydrogen) atoms. The molecular weight excluding hydrogens is 400 g/mol. The second-order valence-corrected chi connectivity index (χ2v) is 8.51. The van der Waals surface area contributed by atoms with Crippen molar-refractivity contribution in [1.29, 1.82) is 5.26 Å². The molecule has 0 bridgehead atoms. The number of carbonyl (C=O) groups is 1. The number of benzene rings is 1. The zero-order valence-electron chi connectivity index (χ0n) is 17.3. The van der Waals surface area contributed by atoms with Gasteiger partial charge in [-0.05, 0) is 43.2 Å². The molecule has 1 aliphatic carbocycles. The van der Waals surface area contributed by atoms with Gasteiger partial charge in [-0.3, -0.25) is 9.80 Å². The summed E-state index contributed by atoms with van der Waals surface area (Å²) in [5.74, 6) is -0.120. The number of amides is 1. The molecule has 3 atom stereocenters. The Balaban J connectivity index is 0.00000256. The third-order valence-corrected chi connectivity index (χ3v) is 6.48. The van der Waals surface area contributed by atoms with Gasteiger partial charge in [-0.25, -0.2) is 0 Å². The van der Waals surface area contributed by atoms with E-state index in [1.165, 1.54) is 32.1 Å². The topological polar surface area (TPSA) is 98.1 Å². The molecule has 3 aliphatic rings. The van der Waals surface area contributed by atoms with Gasteiger partial charge in [-0.2, -0.15) is 10.4 Å². The van der Waals surface area contributed by atoms with Gasteiger partial charge < -0.3 is 10.6 Å². The van der Waals surface area contributed by atoms with Crippen LogP contribution in [0.5, 0.6) is 0 Å². The number of rotatable bonds is 5. The molecule has 1 aromatic carbocycles. The molecule has 162 valence electrons. The fourth-order valence-corrected chi connectivity index (χ4v) is 4.75. The van der Waals surface area contributed by atoms with E-state index in [1.807, 2.05) is 12.1 Å². The molecule has 2 aliphatic heterocycles. The van der Waals surface area contributed by atoms with Crippen LogP contribution in [0.25, 0.3) is 0 Å². The summed E-state index contributed by atoms with van der Waals surface area (Å²) in [6, 6.07) is 10.1. The van der Waals surface area contributed by atoms with Gasteiger partial charge in [-0.1, -0.05) is 48.8 Å². The molecule has 2 heterocycles. The Morgan fingerprint density at radius 2 is 1.90 bits per heavy atom. The molecule has 1 amide bonds. The molecule has 0 aromatic heterocycles. The molecule has 7 nitrogen and oxygen atoms in total. The smallest absolute Gasteiger partial charge is 0.240 e. The first-order valence-corrected chi connectivity index (χ1v) is 10.9. The fourth-order valence-electron chi connectivity index (χ4n) is 4.75. The van der Waals surface area contributed by atoms with E-state index >= 15 is 0 Å². The van der Waals surface area contributed by atoms with Crippen LogP contribution < -0.4 is 5.73 Å². The average molecular weight is 431 g/mol. The normalized spacial score (nSPS) is 25.1. The maximum absolute atomic E-state index is 12.6. The van der Waals surface area contributed by atoms with E-state index in [-0.39, 0.29) is 30.4 Å². The summed E-state index contributed by atoms with van der Waals surface area (Å²) < 4.78 is 0. The van der Waals surface area contributed by atoms with Crippen LogP contribution >= 0.6 is 12.4 Å². The number of nitriles is 1. The van der Waals surface area contributed by atoms with Crippen LogP contribution in [-0.2, 0) is 11.2 Å². The lowest BCUT2D eigenvalue weighted by atomic mass is 9.94. The van der Waals surface area contributed by atoms with Crippen molar-refractivity contribution >= 4 is 18.3 Å². The molecule has 8 heteroatoms. The predicted octanol–water partition coefficient (Wildman–Crippen LogP) is 3.55. The van der Waals surface area contributed by atoms with E-state index in [9.17, 15) is 10.1 Å².